The molecule has 0 radical (unpaired) electrons. The van der Waals surface area contributed by atoms with E-state index in [2.05, 4.69) is 0 Å². The number of hydrogen-bond acceptors (Lipinski definition) is 3. The lowest BCUT2D eigenvalue weighted by atomic mass is 10.0. The number of nitrogens with two attached hydrogens (primary N) is 1. The van der Waals surface area contributed by atoms with Gasteiger partial charge in [0, 0.05) is 12.0 Å². The van der Waals surface area contributed by atoms with Crippen LogP contribution in [-0.4, -0.2) is 16.1 Å². The molecule has 4 heteroatoms. The number of carbonyl (C=O) groups excluding carboxylic acids is 1. The average molecular weight is 155 g/mol. The molecular formula is C7H9NO3. The molecule has 0 heterocycles. The minimum Gasteiger partial charge on any atom is -0.508 e. The van der Waals surface area contributed by atoms with Crippen LogP contribution in [0.5, 0.6) is 0 Å². The van der Waals surface area contributed by atoms with Gasteiger partial charge in [-0.05, 0) is 12.5 Å². The van der Waals surface area contributed by atoms with Crippen LogP contribution in [-0.2, 0) is 4.79 Å². The maximum Gasteiger partial charge on any atom is 0.244 e. The van der Waals surface area contributed by atoms with Crippen LogP contribution in [0.2, 0.25) is 0 Å². The zero-order valence-electron chi connectivity index (χ0n) is 5.87. The molecule has 1 aliphatic carbocycles. The Morgan fingerprint density at radius 1 is 1.45 bits per heavy atom. The van der Waals surface area contributed by atoms with Crippen LogP contribution in [0, 0.1) is 0 Å². The standard InChI is InChI=1S/C7H9NO3/c8-7(11)4-1-2-5(9)6(10)3-4/h3,9-10H,1-2H2,(H2,8,11). The Morgan fingerprint density at radius 2 is 2.09 bits per heavy atom. The number of rotatable bonds is 1. The average Bonchev–Trinajstić information content (AvgIpc) is 1.94. The van der Waals surface area contributed by atoms with Crippen molar-refractivity contribution < 1.29 is 15.0 Å². The molecule has 1 amide bonds. The molecule has 0 bridgehead atoms. The predicted molar refractivity (Wildman–Crippen MR) is 38.8 cm³/mol. The van der Waals surface area contributed by atoms with Gasteiger partial charge in [-0.25, -0.2) is 0 Å². The van der Waals surface area contributed by atoms with Gasteiger partial charge in [0.2, 0.25) is 5.91 Å². The fraction of sp³-hybridized carbons (Fsp3) is 0.286. The Labute approximate surface area is 63.6 Å². The first-order valence-corrected chi connectivity index (χ1v) is 3.22. The molecule has 0 saturated heterocycles. The summed E-state index contributed by atoms with van der Waals surface area (Å²) in [5.41, 5.74) is 5.30. The molecule has 0 unspecified atom stereocenters. The minimum absolute atomic E-state index is 0.0880. The Hall–Kier alpha value is -1.45. The van der Waals surface area contributed by atoms with Gasteiger partial charge in [0.1, 0.15) is 5.76 Å². The number of hydrogen-bond donors (Lipinski definition) is 3. The summed E-state index contributed by atoms with van der Waals surface area (Å²) in [6, 6.07) is 0. The van der Waals surface area contributed by atoms with Gasteiger partial charge in [-0.3, -0.25) is 4.79 Å². The third-order valence-corrected chi connectivity index (χ3v) is 1.55. The van der Waals surface area contributed by atoms with E-state index >= 15 is 0 Å². The van der Waals surface area contributed by atoms with Gasteiger partial charge in [0.15, 0.2) is 5.76 Å². The van der Waals surface area contributed by atoms with E-state index in [4.69, 9.17) is 15.9 Å². The Morgan fingerprint density at radius 3 is 2.55 bits per heavy atom. The molecule has 11 heavy (non-hydrogen) atoms. The smallest absolute Gasteiger partial charge is 0.244 e. The normalized spacial score (nSPS) is 18.0. The van der Waals surface area contributed by atoms with Gasteiger partial charge in [-0.2, -0.15) is 0 Å². The zero-order valence-corrected chi connectivity index (χ0v) is 5.87. The molecule has 0 atom stereocenters. The van der Waals surface area contributed by atoms with Crippen LogP contribution in [0.3, 0.4) is 0 Å². The van der Waals surface area contributed by atoms with Gasteiger partial charge in [0.25, 0.3) is 0 Å². The van der Waals surface area contributed by atoms with Gasteiger partial charge in [-0.15, -0.1) is 0 Å². The van der Waals surface area contributed by atoms with Crippen molar-refractivity contribution in [3.63, 3.8) is 0 Å². The third kappa shape index (κ3) is 1.52. The fourth-order valence-electron chi connectivity index (χ4n) is 0.896. The molecule has 0 aromatic carbocycles. The summed E-state index contributed by atoms with van der Waals surface area (Å²) in [6.45, 7) is 0. The summed E-state index contributed by atoms with van der Waals surface area (Å²) in [5, 5.41) is 17.9. The highest BCUT2D eigenvalue weighted by molar-refractivity contribution is 5.92. The third-order valence-electron chi connectivity index (χ3n) is 1.55. The molecule has 0 saturated carbocycles. The summed E-state index contributed by atoms with van der Waals surface area (Å²) in [5.74, 6) is -0.899. The van der Waals surface area contributed by atoms with E-state index in [-0.39, 0.29) is 17.9 Å². The quantitative estimate of drug-likeness (QED) is 0.516. The fourth-order valence-corrected chi connectivity index (χ4v) is 0.896. The highest BCUT2D eigenvalue weighted by atomic mass is 16.3. The molecule has 0 spiro atoms. The maximum absolute atomic E-state index is 10.5. The second-order valence-electron chi connectivity index (χ2n) is 2.37. The first-order chi connectivity index (χ1) is 5.11. The van der Waals surface area contributed by atoms with E-state index in [1.807, 2.05) is 0 Å². The van der Waals surface area contributed by atoms with Gasteiger partial charge >= 0.3 is 0 Å². The van der Waals surface area contributed by atoms with Crippen molar-refractivity contribution in [3.8, 4) is 0 Å². The van der Waals surface area contributed by atoms with E-state index in [0.717, 1.165) is 0 Å². The Kier molecular flexibility index (Phi) is 1.85. The largest absolute Gasteiger partial charge is 0.508 e. The Bertz CT molecular complexity index is 252. The van der Waals surface area contributed by atoms with Crippen molar-refractivity contribution in [2.24, 2.45) is 5.73 Å². The molecule has 0 aromatic heterocycles. The highest BCUT2D eigenvalue weighted by Gasteiger charge is 2.14. The van der Waals surface area contributed by atoms with E-state index in [9.17, 15) is 4.79 Å². The molecule has 0 fully saturated rings. The maximum atomic E-state index is 10.5. The molecule has 0 aromatic rings. The van der Waals surface area contributed by atoms with Crippen LogP contribution < -0.4 is 5.73 Å². The van der Waals surface area contributed by atoms with E-state index < -0.39 is 5.91 Å². The first kappa shape index (κ1) is 7.65. The zero-order chi connectivity index (χ0) is 8.43. The van der Waals surface area contributed by atoms with Crippen LogP contribution in [0.1, 0.15) is 12.8 Å². The van der Waals surface area contributed by atoms with Gasteiger partial charge in [0.05, 0.1) is 0 Å². The van der Waals surface area contributed by atoms with Crippen LogP contribution in [0.15, 0.2) is 23.2 Å². The van der Waals surface area contributed by atoms with Gasteiger partial charge < -0.3 is 15.9 Å². The molecule has 0 aliphatic heterocycles. The second kappa shape index (κ2) is 2.65. The van der Waals surface area contributed by atoms with Gasteiger partial charge in [-0.1, -0.05) is 0 Å². The number of aliphatic hydroxyl groups excluding tert-OH is 2. The number of primary amides is 1. The molecule has 4 N–H and O–H groups in total. The van der Waals surface area contributed by atoms with Crippen molar-refractivity contribution in [3.05, 3.63) is 23.2 Å². The van der Waals surface area contributed by atoms with Crippen molar-refractivity contribution in [1.29, 1.82) is 0 Å². The van der Waals surface area contributed by atoms with Crippen molar-refractivity contribution in [2.75, 3.05) is 0 Å². The minimum atomic E-state index is -0.552. The van der Waals surface area contributed by atoms with Crippen LogP contribution >= 0.6 is 0 Å². The van der Waals surface area contributed by atoms with E-state index in [0.29, 0.717) is 12.0 Å². The highest BCUT2D eigenvalue weighted by Crippen LogP contribution is 2.19. The number of aliphatic hydroxyl groups is 2. The van der Waals surface area contributed by atoms with Crippen molar-refractivity contribution in [2.45, 2.75) is 12.8 Å². The summed E-state index contributed by atoms with van der Waals surface area (Å²) in [7, 11) is 0. The summed E-state index contributed by atoms with van der Waals surface area (Å²) in [6.07, 6.45) is 1.87. The predicted octanol–water partition coefficient (Wildman–Crippen LogP) is 0.519. The van der Waals surface area contributed by atoms with E-state index in [1.54, 1.807) is 0 Å². The lowest BCUT2D eigenvalue weighted by Crippen LogP contribution is -2.16. The van der Waals surface area contributed by atoms with E-state index in [1.165, 1.54) is 6.08 Å². The molecule has 60 valence electrons. The molecule has 4 nitrogen and oxygen atoms in total. The topological polar surface area (TPSA) is 83.6 Å². The summed E-state index contributed by atoms with van der Waals surface area (Å²) >= 11 is 0. The molecule has 1 rings (SSSR count). The Balaban J connectivity index is 2.89. The van der Waals surface area contributed by atoms with Crippen LogP contribution in [0.25, 0.3) is 0 Å². The number of carbonyl (C=O) groups is 1. The van der Waals surface area contributed by atoms with Crippen LogP contribution in [0.4, 0.5) is 0 Å². The second-order valence-corrected chi connectivity index (χ2v) is 2.37. The van der Waals surface area contributed by atoms with Crippen molar-refractivity contribution in [1.82, 2.24) is 0 Å². The lowest BCUT2D eigenvalue weighted by Gasteiger charge is -2.09. The number of allylic oxidation sites excluding steroid dienone is 2. The summed E-state index contributed by atoms with van der Waals surface area (Å²) < 4.78 is 0. The first-order valence-electron chi connectivity index (χ1n) is 3.22. The molecular weight excluding hydrogens is 146 g/mol. The lowest BCUT2D eigenvalue weighted by molar-refractivity contribution is -0.114. The number of amides is 1. The molecule has 1 aliphatic rings. The monoisotopic (exact) mass is 155 g/mol. The van der Waals surface area contributed by atoms with Crippen molar-refractivity contribution >= 4 is 5.91 Å². The SMILES string of the molecule is NC(=O)C1=CC(O)=C(O)CC1. The summed E-state index contributed by atoms with van der Waals surface area (Å²) in [4.78, 5) is 10.5.